The van der Waals surface area contributed by atoms with Gasteiger partial charge in [-0.3, -0.25) is 0 Å². The molecule has 0 radical (unpaired) electrons. The summed E-state index contributed by atoms with van der Waals surface area (Å²) >= 11 is 3.18. The van der Waals surface area contributed by atoms with Gasteiger partial charge in [-0.2, -0.15) is 0 Å². The van der Waals surface area contributed by atoms with Crippen LogP contribution in [0.15, 0.2) is 16.6 Å². The molecule has 2 nitrogen and oxygen atoms in total. The number of rotatable bonds is 1. The Balaban J connectivity index is 3.33. The molecule has 0 unspecified atom stereocenters. The van der Waals surface area contributed by atoms with Crippen LogP contribution in [-0.2, 0) is 0 Å². The van der Waals surface area contributed by atoms with Crippen LogP contribution >= 0.6 is 15.9 Å². The molecule has 1 atom stereocenters. The smallest absolute Gasteiger partial charge is 0.165 e. The molecule has 0 aromatic heterocycles. The van der Waals surface area contributed by atoms with Crippen molar-refractivity contribution in [3.8, 4) is 5.75 Å². The fraction of sp³-hybridized carbons (Fsp3) is 0.250. The maximum atomic E-state index is 12.8. The van der Waals surface area contributed by atoms with E-state index in [0.29, 0.717) is 10.0 Å². The topological polar surface area (TPSA) is 46.2 Å². The molecule has 12 heavy (non-hydrogen) atoms. The van der Waals surface area contributed by atoms with Crippen LogP contribution in [0.1, 0.15) is 18.5 Å². The average Bonchev–Trinajstić information content (AvgIpc) is 1.97. The molecule has 1 aromatic rings. The minimum absolute atomic E-state index is 0.376. The fourth-order valence-corrected chi connectivity index (χ4v) is 1.67. The Bertz CT molecular complexity index is 301. The highest BCUT2D eigenvalue weighted by Gasteiger charge is 2.13. The van der Waals surface area contributed by atoms with Gasteiger partial charge < -0.3 is 10.8 Å². The molecule has 0 bridgehead atoms. The minimum Gasteiger partial charge on any atom is -0.505 e. The SMILES string of the molecule is C[C@H](N)c1c(Br)ccc(F)c1O. The second kappa shape index (κ2) is 3.41. The Morgan fingerprint density at radius 2 is 2.17 bits per heavy atom. The van der Waals surface area contributed by atoms with Gasteiger partial charge in [0.15, 0.2) is 11.6 Å². The third-order valence-electron chi connectivity index (χ3n) is 1.57. The van der Waals surface area contributed by atoms with Gasteiger partial charge in [0, 0.05) is 16.1 Å². The van der Waals surface area contributed by atoms with Crippen LogP contribution < -0.4 is 5.73 Å². The van der Waals surface area contributed by atoms with E-state index in [1.165, 1.54) is 12.1 Å². The van der Waals surface area contributed by atoms with Gasteiger partial charge in [-0.25, -0.2) is 4.39 Å². The summed E-state index contributed by atoms with van der Waals surface area (Å²) in [4.78, 5) is 0. The predicted octanol–water partition coefficient (Wildman–Crippen LogP) is 2.31. The first kappa shape index (κ1) is 9.48. The molecule has 0 aliphatic rings. The lowest BCUT2D eigenvalue weighted by molar-refractivity contribution is 0.421. The highest BCUT2D eigenvalue weighted by atomic mass is 79.9. The third-order valence-corrected chi connectivity index (χ3v) is 2.26. The zero-order valence-corrected chi connectivity index (χ0v) is 8.10. The van der Waals surface area contributed by atoms with E-state index in [2.05, 4.69) is 15.9 Å². The van der Waals surface area contributed by atoms with E-state index in [1.807, 2.05) is 0 Å². The van der Waals surface area contributed by atoms with E-state index in [-0.39, 0.29) is 5.75 Å². The Labute approximate surface area is 78.3 Å². The van der Waals surface area contributed by atoms with Gasteiger partial charge in [0.1, 0.15) is 0 Å². The molecule has 4 heteroatoms. The first-order valence-electron chi connectivity index (χ1n) is 3.46. The van der Waals surface area contributed by atoms with Crippen molar-refractivity contribution >= 4 is 15.9 Å². The van der Waals surface area contributed by atoms with Crippen molar-refractivity contribution in [1.82, 2.24) is 0 Å². The van der Waals surface area contributed by atoms with Crippen LogP contribution in [-0.4, -0.2) is 5.11 Å². The van der Waals surface area contributed by atoms with Crippen molar-refractivity contribution in [2.45, 2.75) is 13.0 Å². The van der Waals surface area contributed by atoms with E-state index < -0.39 is 11.9 Å². The second-order valence-electron chi connectivity index (χ2n) is 2.58. The molecule has 66 valence electrons. The summed E-state index contributed by atoms with van der Waals surface area (Å²) < 4.78 is 13.4. The summed E-state index contributed by atoms with van der Waals surface area (Å²) in [5.41, 5.74) is 5.93. The summed E-state index contributed by atoms with van der Waals surface area (Å²) in [6, 6.07) is 2.31. The molecule has 0 aliphatic heterocycles. The number of hydrogen-bond acceptors (Lipinski definition) is 2. The highest BCUT2D eigenvalue weighted by Crippen LogP contribution is 2.32. The van der Waals surface area contributed by atoms with Crippen LogP contribution in [0.3, 0.4) is 0 Å². The lowest BCUT2D eigenvalue weighted by Crippen LogP contribution is -2.06. The monoisotopic (exact) mass is 233 g/mol. The summed E-state index contributed by atoms with van der Waals surface area (Å²) in [5, 5.41) is 9.26. The largest absolute Gasteiger partial charge is 0.505 e. The summed E-state index contributed by atoms with van der Waals surface area (Å²) in [7, 11) is 0. The minimum atomic E-state index is -0.648. The van der Waals surface area contributed by atoms with E-state index >= 15 is 0 Å². The second-order valence-corrected chi connectivity index (χ2v) is 3.43. The number of nitrogens with two attached hydrogens (primary N) is 1. The standard InChI is InChI=1S/C8H9BrFNO/c1-4(11)7-5(9)2-3-6(10)8(7)12/h2-4,12H,11H2,1H3/t4-/m0/s1. The number of phenols is 1. The summed E-state index contributed by atoms with van der Waals surface area (Å²) in [6.45, 7) is 1.68. The Morgan fingerprint density at radius 3 is 2.58 bits per heavy atom. The number of phenolic OH excluding ortho intramolecular Hbond substituents is 1. The normalized spacial score (nSPS) is 13.0. The van der Waals surface area contributed by atoms with Crippen molar-refractivity contribution in [2.75, 3.05) is 0 Å². The maximum absolute atomic E-state index is 12.8. The van der Waals surface area contributed by atoms with Gasteiger partial charge in [-0.1, -0.05) is 15.9 Å². The van der Waals surface area contributed by atoms with Gasteiger partial charge in [-0.05, 0) is 19.1 Å². The zero-order valence-electron chi connectivity index (χ0n) is 6.51. The Kier molecular flexibility index (Phi) is 2.69. The number of benzene rings is 1. The van der Waals surface area contributed by atoms with Crippen LogP contribution in [0.2, 0.25) is 0 Å². The highest BCUT2D eigenvalue weighted by molar-refractivity contribution is 9.10. The molecule has 3 N–H and O–H groups in total. The Hall–Kier alpha value is -0.610. The average molecular weight is 234 g/mol. The predicted molar refractivity (Wildman–Crippen MR) is 48.4 cm³/mol. The molecule has 0 spiro atoms. The molecule has 0 saturated carbocycles. The van der Waals surface area contributed by atoms with Crippen molar-refractivity contribution in [3.05, 3.63) is 28.0 Å². The zero-order chi connectivity index (χ0) is 9.30. The van der Waals surface area contributed by atoms with Crippen molar-refractivity contribution in [1.29, 1.82) is 0 Å². The molecule has 0 amide bonds. The van der Waals surface area contributed by atoms with Crippen molar-refractivity contribution in [3.63, 3.8) is 0 Å². The van der Waals surface area contributed by atoms with E-state index in [4.69, 9.17) is 5.73 Å². The lowest BCUT2D eigenvalue weighted by atomic mass is 10.1. The van der Waals surface area contributed by atoms with Crippen LogP contribution in [0.5, 0.6) is 5.75 Å². The van der Waals surface area contributed by atoms with E-state index in [1.54, 1.807) is 6.92 Å². The molecule has 0 heterocycles. The number of halogens is 2. The molecular formula is C8H9BrFNO. The van der Waals surface area contributed by atoms with E-state index in [0.717, 1.165) is 0 Å². The lowest BCUT2D eigenvalue weighted by Gasteiger charge is -2.10. The first-order chi connectivity index (χ1) is 5.54. The van der Waals surface area contributed by atoms with Crippen LogP contribution in [0.4, 0.5) is 4.39 Å². The van der Waals surface area contributed by atoms with Crippen molar-refractivity contribution < 1.29 is 9.50 Å². The van der Waals surface area contributed by atoms with E-state index in [9.17, 15) is 9.50 Å². The molecule has 0 saturated heterocycles. The van der Waals surface area contributed by atoms with Gasteiger partial charge in [0.2, 0.25) is 0 Å². The third kappa shape index (κ3) is 1.59. The fourth-order valence-electron chi connectivity index (χ4n) is 0.990. The molecular weight excluding hydrogens is 225 g/mol. The molecule has 0 fully saturated rings. The molecule has 1 rings (SSSR count). The molecule has 0 aliphatic carbocycles. The summed E-state index contributed by atoms with van der Waals surface area (Å²) in [6.07, 6.45) is 0. The van der Waals surface area contributed by atoms with Gasteiger partial charge in [0.25, 0.3) is 0 Å². The van der Waals surface area contributed by atoms with Crippen LogP contribution in [0.25, 0.3) is 0 Å². The quantitative estimate of drug-likeness (QED) is 0.783. The number of aromatic hydroxyl groups is 1. The van der Waals surface area contributed by atoms with Crippen molar-refractivity contribution in [2.24, 2.45) is 5.73 Å². The maximum Gasteiger partial charge on any atom is 0.165 e. The number of hydrogen-bond donors (Lipinski definition) is 2. The van der Waals surface area contributed by atoms with Gasteiger partial charge in [0.05, 0.1) is 0 Å². The Morgan fingerprint density at radius 1 is 1.58 bits per heavy atom. The summed E-state index contributed by atoms with van der Waals surface area (Å²) in [5.74, 6) is -1.02. The van der Waals surface area contributed by atoms with Crippen LogP contribution in [0, 0.1) is 5.82 Å². The molecule has 1 aromatic carbocycles. The van der Waals surface area contributed by atoms with Gasteiger partial charge >= 0.3 is 0 Å². The van der Waals surface area contributed by atoms with Gasteiger partial charge in [-0.15, -0.1) is 0 Å². The first-order valence-corrected chi connectivity index (χ1v) is 4.25.